The van der Waals surface area contributed by atoms with Gasteiger partial charge in [-0.05, 0) is 18.4 Å². The highest BCUT2D eigenvalue weighted by atomic mass is 16.4. The van der Waals surface area contributed by atoms with E-state index in [-0.39, 0.29) is 11.4 Å². The summed E-state index contributed by atoms with van der Waals surface area (Å²) in [5.74, 6) is -1.52. The van der Waals surface area contributed by atoms with Gasteiger partial charge in [0.25, 0.3) is 0 Å². The quantitative estimate of drug-likeness (QED) is 0.707. The summed E-state index contributed by atoms with van der Waals surface area (Å²) < 4.78 is 0. The lowest BCUT2D eigenvalue weighted by Crippen LogP contribution is -2.12. The lowest BCUT2D eigenvalue weighted by atomic mass is 10.00. The normalized spacial score (nSPS) is 15.2. The summed E-state index contributed by atoms with van der Waals surface area (Å²) in [6.45, 7) is 0. The second-order valence-electron chi connectivity index (χ2n) is 3.45. The van der Waals surface area contributed by atoms with Crippen LogP contribution in [0.1, 0.15) is 22.3 Å². The summed E-state index contributed by atoms with van der Waals surface area (Å²) in [4.78, 5) is 22.7. The number of carbonyl (C=O) groups is 2. The van der Waals surface area contributed by atoms with Crippen LogP contribution in [0.25, 0.3) is 0 Å². The van der Waals surface area contributed by atoms with Gasteiger partial charge in [-0.1, -0.05) is 30.3 Å². The monoisotopic (exact) mass is 202 g/mol. The van der Waals surface area contributed by atoms with E-state index in [0.717, 1.165) is 12.0 Å². The van der Waals surface area contributed by atoms with E-state index >= 15 is 0 Å². The number of ketones is 1. The number of fused-ring (bicyclic) bond motifs is 1. The fraction of sp³-hybridized carbons (Fsp3) is 0.167. The van der Waals surface area contributed by atoms with Crippen molar-refractivity contribution in [1.82, 2.24) is 0 Å². The molecule has 1 aliphatic carbocycles. The first-order valence-corrected chi connectivity index (χ1v) is 4.76. The average Bonchev–Trinajstić information content (AvgIpc) is 2.39. The predicted molar refractivity (Wildman–Crippen MR) is 54.8 cm³/mol. The summed E-state index contributed by atoms with van der Waals surface area (Å²) in [6, 6.07) is 7.16. The molecule has 0 saturated heterocycles. The molecule has 1 aromatic rings. The molecule has 0 atom stereocenters. The minimum Gasteiger partial charge on any atom is -0.478 e. The Bertz CT molecular complexity index is 458. The number of aryl methyl sites for hydroxylation is 1. The smallest absolute Gasteiger partial charge is 0.339 e. The number of hydrogen-bond donors (Lipinski definition) is 1. The van der Waals surface area contributed by atoms with E-state index in [9.17, 15) is 9.59 Å². The van der Waals surface area contributed by atoms with Crippen LogP contribution in [0.2, 0.25) is 0 Å². The zero-order valence-corrected chi connectivity index (χ0v) is 8.06. The summed E-state index contributed by atoms with van der Waals surface area (Å²) in [7, 11) is 0. The van der Waals surface area contributed by atoms with Crippen LogP contribution in [0.3, 0.4) is 0 Å². The van der Waals surface area contributed by atoms with E-state index < -0.39 is 5.97 Å². The number of carboxylic acids is 1. The Morgan fingerprint density at radius 2 is 2.00 bits per heavy atom. The van der Waals surface area contributed by atoms with Gasteiger partial charge in [-0.3, -0.25) is 4.79 Å². The van der Waals surface area contributed by atoms with Crippen molar-refractivity contribution in [3.63, 3.8) is 0 Å². The van der Waals surface area contributed by atoms with Gasteiger partial charge in [-0.15, -0.1) is 0 Å². The molecule has 0 aliphatic heterocycles. The molecular weight excluding hydrogens is 192 g/mol. The first-order valence-electron chi connectivity index (χ1n) is 4.76. The summed E-state index contributed by atoms with van der Waals surface area (Å²) >= 11 is 0. The molecule has 0 bridgehead atoms. The highest BCUT2D eigenvalue weighted by Gasteiger charge is 2.22. The molecule has 3 nitrogen and oxygen atoms in total. The molecule has 1 aromatic carbocycles. The Hall–Kier alpha value is -1.90. The van der Waals surface area contributed by atoms with E-state index in [2.05, 4.69) is 0 Å². The molecule has 0 radical (unpaired) electrons. The lowest BCUT2D eigenvalue weighted by molar-refractivity contribution is -0.132. The topological polar surface area (TPSA) is 54.4 Å². The average molecular weight is 202 g/mol. The minimum atomic E-state index is -1.14. The Kier molecular flexibility index (Phi) is 2.37. The Balaban J connectivity index is 2.51. The molecule has 0 fully saturated rings. The highest BCUT2D eigenvalue weighted by Crippen LogP contribution is 2.20. The minimum absolute atomic E-state index is 0.111. The van der Waals surface area contributed by atoms with Crippen molar-refractivity contribution in [2.24, 2.45) is 0 Å². The van der Waals surface area contributed by atoms with Crippen LogP contribution in [0.15, 0.2) is 35.9 Å². The third kappa shape index (κ3) is 1.68. The summed E-state index contributed by atoms with van der Waals surface area (Å²) in [6.07, 6.45) is 2.83. The van der Waals surface area contributed by atoms with Gasteiger partial charge in [0.05, 0.1) is 0 Å². The van der Waals surface area contributed by atoms with Crippen molar-refractivity contribution in [3.8, 4) is 0 Å². The molecule has 3 heteroatoms. The second kappa shape index (κ2) is 3.69. The number of Topliss-reactive ketones (excluding diaryl/α,β-unsaturated/α-hetero) is 1. The molecule has 1 aliphatic rings. The molecule has 1 N–H and O–H groups in total. The van der Waals surface area contributed by atoms with Crippen molar-refractivity contribution in [2.45, 2.75) is 12.8 Å². The fourth-order valence-electron chi connectivity index (χ4n) is 1.75. The van der Waals surface area contributed by atoms with Crippen LogP contribution in [0, 0.1) is 0 Å². The molecule has 0 aromatic heterocycles. The number of benzene rings is 1. The molecule has 76 valence electrons. The van der Waals surface area contributed by atoms with Crippen molar-refractivity contribution >= 4 is 11.8 Å². The van der Waals surface area contributed by atoms with Gasteiger partial charge in [-0.2, -0.15) is 0 Å². The number of hydrogen-bond acceptors (Lipinski definition) is 2. The van der Waals surface area contributed by atoms with Gasteiger partial charge in [0.15, 0.2) is 5.78 Å². The first kappa shape index (κ1) is 9.65. The van der Waals surface area contributed by atoms with Crippen LogP contribution in [-0.2, 0) is 11.2 Å². The molecular formula is C12H10O3. The molecule has 2 rings (SSSR count). The number of rotatable bonds is 1. The molecule has 0 heterocycles. The predicted octanol–water partition coefficient (Wildman–Crippen LogP) is 1.83. The van der Waals surface area contributed by atoms with Gasteiger partial charge in [0.1, 0.15) is 5.57 Å². The Morgan fingerprint density at radius 1 is 1.27 bits per heavy atom. The zero-order valence-electron chi connectivity index (χ0n) is 8.06. The van der Waals surface area contributed by atoms with Crippen LogP contribution in [0.5, 0.6) is 0 Å². The van der Waals surface area contributed by atoms with E-state index in [1.807, 2.05) is 12.1 Å². The van der Waals surface area contributed by atoms with Crippen LogP contribution >= 0.6 is 0 Å². The maximum Gasteiger partial charge on any atom is 0.339 e. The van der Waals surface area contributed by atoms with Crippen LogP contribution in [0.4, 0.5) is 0 Å². The number of carbonyl (C=O) groups excluding carboxylic acids is 1. The second-order valence-corrected chi connectivity index (χ2v) is 3.45. The number of carboxylic acid groups (broad SMARTS) is 1. The molecule has 0 unspecified atom stereocenters. The zero-order chi connectivity index (χ0) is 10.8. The maximum atomic E-state index is 11.8. The summed E-state index contributed by atoms with van der Waals surface area (Å²) in [5, 5.41) is 8.87. The molecule has 0 spiro atoms. The van der Waals surface area contributed by atoms with E-state index in [0.29, 0.717) is 12.0 Å². The lowest BCUT2D eigenvalue weighted by Gasteiger charge is -2.03. The highest BCUT2D eigenvalue weighted by molar-refractivity contribution is 6.24. The van der Waals surface area contributed by atoms with Crippen molar-refractivity contribution < 1.29 is 14.7 Å². The van der Waals surface area contributed by atoms with Gasteiger partial charge < -0.3 is 5.11 Å². The first-order chi connectivity index (χ1) is 7.20. The Labute approximate surface area is 87.0 Å². The van der Waals surface area contributed by atoms with Crippen molar-refractivity contribution in [3.05, 3.63) is 47.0 Å². The van der Waals surface area contributed by atoms with Gasteiger partial charge >= 0.3 is 5.97 Å². The van der Waals surface area contributed by atoms with Gasteiger partial charge in [0.2, 0.25) is 0 Å². The molecule has 15 heavy (non-hydrogen) atoms. The largest absolute Gasteiger partial charge is 0.478 e. The Morgan fingerprint density at radius 3 is 2.73 bits per heavy atom. The number of allylic oxidation sites excluding steroid dienone is 1. The van der Waals surface area contributed by atoms with Gasteiger partial charge in [0, 0.05) is 5.56 Å². The molecule has 0 saturated carbocycles. The van der Waals surface area contributed by atoms with E-state index in [1.165, 1.54) is 6.08 Å². The van der Waals surface area contributed by atoms with Gasteiger partial charge in [-0.25, -0.2) is 4.79 Å². The fourth-order valence-corrected chi connectivity index (χ4v) is 1.75. The standard InChI is InChI=1S/C12H10O3/c13-11-9-6-2-1-4-8(9)5-3-7-10(11)12(14)15/h1-2,4,6-7H,3,5H2,(H,14,15). The SMILES string of the molecule is O=C(O)C1=CCCc2ccccc2C1=O. The number of aliphatic carboxylic acids is 1. The summed E-state index contributed by atoms with van der Waals surface area (Å²) in [5.41, 5.74) is 1.33. The van der Waals surface area contributed by atoms with Crippen molar-refractivity contribution in [2.75, 3.05) is 0 Å². The molecule has 0 amide bonds. The van der Waals surface area contributed by atoms with Crippen LogP contribution < -0.4 is 0 Å². The van der Waals surface area contributed by atoms with E-state index in [1.54, 1.807) is 12.1 Å². The van der Waals surface area contributed by atoms with Crippen molar-refractivity contribution in [1.29, 1.82) is 0 Å². The van der Waals surface area contributed by atoms with E-state index in [4.69, 9.17) is 5.11 Å². The third-order valence-corrected chi connectivity index (χ3v) is 2.50. The maximum absolute atomic E-state index is 11.8. The third-order valence-electron chi connectivity index (χ3n) is 2.50. The van der Waals surface area contributed by atoms with Crippen LogP contribution in [-0.4, -0.2) is 16.9 Å².